The maximum absolute atomic E-state index is 4.12. The first-order chi connectivity index (χ1) is 6.66. The number of halogens is 1. The van der Waals surface area contributed by atoms with Crippen molar-refractivity contribution in [1.29, 1.82) is 0 Å². The SMILES string of the molecule is CC(C)c1ccc2nnc(I)cc2c1. The average molecular weight is 298 g/mol. The highest BCUT2D eigenvalue weighted by Crippen LogP contribution is 2.20. The van der Waals surface area contributed by atoms with E-state index >= 15 is 0 Å². The fraction of sp³-hybridized carbons (Fsp3) is 0.273. The van der Waals surface area contributed by atoms with Crippen LogP contribution in [0, 0.1) is 3.70 Å². The number of benzene rings is 1. The Balaban J connectivity index is 2.63. The molecule has 72 valence electrons. The molecule has 0 spiro atoms. The van der Waals surface area contributed by atoms with Crippen LogP contribution < -0.4 is 0 Å². The first kappa shape index (κ1) is 9.83. The zero-order chi connectivity index (χ0) is 10.1. The van der Waals surface area contributed by atoms with Crippen molar-refractivity contribution in [3.8, 4) is 0 Å². The first-order valence-electron chi connectivity index (χ1n) is 4.59. The molecule has 14 heavy (non-hydrogen) atoms. The maximum atomic E-state index is 4.12. The minimum atomic E-state index is 0.560. The van der Waals surface area contributed by atoms with E-state index in [1.54, 1.807) is 0 Å². The second kappa shape index (κ2) is 3.81. The van der Waals surface area contributed by atoms with Crippen molar-refractivity contribution in [3.63, 3.8) is 0 Å². The molecule has 0 aliphatic carbocycles. The molecule has 0 bridgehead atoms. The molecule has 2 nitrogen and oxygen atoms in total. The number of hydrogen-bond acceptors (Lipinski definition) is 2. The molecule has 3 heteroatoms. The van der Waals surface area contributed by atoms with Crippen molar-refractivity contribution >= 4 is 33.5 Å². The van der Waals surface area contributed by atoms with Crippen molar-refractivity contribution in [2.24, 2.45) is 0 Å². The zero-order valence-corrected chi connectivity index (χ0v) is 10.3. The minimum absolute atomic E-state index is 0.560. The molecule has 0 radical (unpaired) electrons. The molecule has 0 saturated carbocycles. The van der Waals surface area contributed by atoms with Crippen molar-refractivity contribution in [3.05, 3.63) is 33.5 Å². The first-order valence-corrected chi connectivity index (χ1v) is 5.67. The minimum Gasteiger partial charge on any atom is -0.149 e. The third kappa shape index (κ3) is 1.87. The normalized spacial score (nSPS) is 11.1. The van der Waals surface area contributed by atoms with Gasteiger partial charge >= 0.3 is 0 Å². The lowest BCUT2D eigenvalue weighted by atomic mass is 10.0. The lowest BCUT2D eigenvalue weighted by molar-refractivity contribution is 0.868. The fourth-order valence-electron chi connectivity index (χ4n) is 1.40. The Kier molecular flexibility index (Phi) is 2.67. The number of fused-ring (bicyclic) bond motifs is 1. The lowest BCUT2D eigenvalue weighted by Gasteiger charge is -2.05. The summed E-state index contributed by atoms with van der Waals surface area (Å²) in [6.07, 6.45) is 0. The van der Waals surface area contributed by atoms with Crippen LogP contribution in [0.1, 0.15) is 25.3 Å². The summed E-state index contributed by atoms with van der Waals surface area (Å²) in [6, 6.07) is 8.41. The van der Waals surface area contributed by atoms with Crippen LogP contribution >= 0.6 is 22.6 Å². The van der Waals surface area contributed by atoms with Crippen molar-refractivity contribution in [1.82, 2.24) is 10.2 Å². The molecular formula is C11H11IN2. The molecule has 0 N–H and O–H groups in total. The summed E-state index contributed by atoms with van der Waals surface area (Å²) in [5.74, 6) is 0.560. The third-order valence-corrected chi connectivity index (χ3v) is 2.77. The van der Waals surface area contributed by atoms with Gasteiger partial charge in [-0.3, -0.25) is 0 Å². The van der Waals surface area contributed by atoms with Gasteiger partial charge in [-0.25, -0.2) is 0 Å². The van der Waals surface area contributed by atoms with Crippen LogP contribution in [0.15, 0.2) is 24.3 Å². The molecule has 1 heterocycles. The molecule has 0 atom stereocenters. The maximum Gasteiger partial charge on any atom is 0.124 e. The average Bonchev–Trinajstić information content (AvgIpc) is 2.16. The van der Waals surface area contributed by atoms with E-state index in [4.69, 9.17) is 0 Å². The van der Waals surface area contributed by atoms with Crippen LogP contribution in [0.25, 0.3) is 10.9 Å². The van der Waals surface area contributed by atoms with Gasteiger partial charge in [0.2, 0.25) is 0 Å². The van der Waals surface area contributed by atoms with Crippen LogP contribution in [0.5, 0.6) is 0 Å². The van der Waals surface area contributed by atoms with Crippen molar-refractivity contribution in [2.45, 2.75) is 19.8 Å². The monoisotopic (exact) mass is 298 g/mol. The highest BCUT2D eigenvalue weighted by atomic mass is 127. The number of rotatable bonds is 1. The van der Waals surface area contributed by atoms with E-state index in [1.165, 1.54) is 10.9 Å². The van der Waals surface area contributed by atoms with Gasteiger partial charge in [0.15, 0.2) is 0 Å². The molecule has 0 aliphatic heterocycles. The lowest BCUT2D eigenvalue weighted by Crippen LogP contribution is -1.91. The predicted molar refractivity (Wildman–Crippen MR) is 66.3 cm³/mol. The van der Waals surface area contributed by atoms with Gasteiger partial charge in [-0.2, -0.15) is 0 Å². The molecule has 0 fully saturated rings. The van der Waals surface area contributed by atoms with Crippen molar-refractivity contribution < 1.29 is 0 Å². The van der Waals surface area contributed by atoms with E-state index in [2.05, 4.69) is 64.8 Å². The van der Waals surface area contributed by atoms with Crippen LogP contribution in [-0.4, -0.2) is 10.2 Å². The summed E-state index contributed by atoms with van der Waals surface area (Å²) in [7, 11) is 0. The number of aromatic nitrogens is 2. The molecule has 0 aliphatic rings. The standard InChI is InChI=1S/C11H11IN2/c1-7(2)8-3-4-10-9(5-8)6-11(12)14-13-10/h3-7H,1-2H3. The van der Waals surface area contributed by atoms with E-state index < -0.39 is 0 Å². The summed E-state index contributed by atoms with van der Waals surface area (Å²) in [4.78, 5) is 0. The largest absolute Gasteiger partial charge is 0.149 e. The quantitative estimate of drug-likeness (QED) is 0.754. The van der Waals surface area contributed by atoms with Crippen LogP contribution in [0.4, 0.5) is 0 Å². The van der Waals surface area contributed by atoms with Gasteiger partial charge < -0.3 is 0 Å². The molecular weight excluding hydrogens is 287 g/mol. The van der Waals surface area contributed by atoms with E-state index in [0.717, 1.165) is 9.22 Å². The van der Waals surface area contributed by atoms with Gasteiger partial charge in [-0.05, 0) is 52.3 Å². The van der Waals surface area contributed by atoms with Crippen LogP contribution in [-0.2, 0) is 0 Å². The predicted octanol–water partition coefficient (Wildman–Crippen LogP) is 3.36. The smallest absolute Gasteiger partial charge is 0.124 e. The summed E-state index contributed by atoms with van der Waals surface area (Å²) in [6.45, 7) is 4.39. The Morgan fingerprint density at radius 3 is 2.64 bits per heavy atom. The van der Waals surface area contributed by atoms with E-state index in [1.807, 2.05) is 6.07 Å². The summed E-state index contributed by atoms with van der Waals surface area (Å²) in [5.41, 5.74) is 2.32. The van der Waals surface area contributed by atoms with E-state index in [9.17, 15) is 0 Å². The van der Waals surface area contributed by atoms with Gasteiger partial charge in [0, 0.05) is 5.39 Å². The Hall–Kier alpha value is -0.710. The molecule has 1 aromatic heterocycles. The van der Waals surface area contributed by atoms with Gasteiger partial charge in [0.1, 0.15) is 3.70 Å². The van der Waals surface area contributed by atoms with Crippen LogP contribution in [0.2, 0.25) is 0 Å². The Morgan fingerprint density at radius 2 is 1.93 bits per heavy atom. The molecule has 0 saturated heterocycles. The van der Waals surface area contributed by atoms with Gasteiger partial charge in [-0.15, -0.1) is 10.2 Å². The molecule has 2 aromatic rings. The van der Waals surface area contributed by atoms with Gasteiger partial charge in [0.25, 0.3) is 0 Å². The van der Waals surface area contributed by atoms with E-state index in [-0.39, 0.29) is 0 Å². The second-order valence-corrected chi connectivity index (χ2v) is 4.75. The Labute approximate surface area is 96.9 Å². The zero-order valence-electron chi connectivity index (χ0n) is 8.16. The van der Waals surface area contributed by atoms with E-state index in [0.29, 0.717) is 5.92 Å². The summed E-state index contributed by atoms with van der Waals surface area (Å²) >= 11 is 2.18. The summed E-state index contributed by atoms with van der Waals surface area (Å²) in [5, 5.41) is 9.32. The number of hydrogen-bond donors (Lipinski definition) is 0. The number of nitrogens with zero attached hydrogens (tertiary/aromatic N) is 2. The van der Waals surface area contributed by atoms with Gasteiger partial charge in [0.05, 0.1) is 5.52 Å². The van der Waals surface area contributed by atoms with Gasteiger partial charge in [-0.1, -0.05) is 19.9 Å². The second-order valence-electron chi connectivity index (χ2n) is 3.64. The summed E-state index contributed by atoms with van der Waals surface area (Å²) < 4.78 is 0.941. The highest BCUT2D eigenvalue weighted by Gasteiger charge is 2.02. The molecule has 1 aromatic carbocycles. The molecule has 0 amide bonds. The molecule has 0 unspecified atom stereocenters. The Bertz CT molecular complexity index is 466. The molecule has 2 rings (SSSR count). The fourth-order valence-corrected chi connectivity index (χ4v) is 1.84. The van der Waals surface area contributed by atoms with Crippen LogP contribution in [0.3, 0.4) is 0 Å². The topological polar surface area (TPSA) is 25.8 Å². The van der Waals surface area contributed by atoms with Crippen molar-refractivity contribution in [2.75, 3.05) is 0 Å². The third-order valence-electron chi connectivity index (χ3n) is 2.25. The Morgan fingerprint density at radius 1 is 1.14 bits per heavy atom. The highest BCUT2D eigenvalue weighted by molar-refractivity contribution is 14.1.